The Morgan fingerprint density at radius 2 is 1.78 bits per heavy atom. The highest BCUT2D eigenvalue weighted by atomic mass is 16.5. The van der Waals surface area contributed by atoms with E-state index in [1.807, 2.05) is 6.92 Å². The van der Waals surface area contributed by atoms with Gasteiger partial charge in [-0.2, -0.15) is 0 Å². The lowest BCUT2D eigenvalue weighted by Gasteiger charge is -2.35. The molecule has 0 saturated carbocycles. The van der Waals surface area contributed by atoms with E-state index in [1.165, 1.54) is 7.11 Å². The van der Waals surface area contributed by atoms with Crippen LogP contribution < -0.4 is 15.4 Å². The summed E-state index contributed by atoms with van der Waals surface area (Å²) in [6.45, 7) is 7.06. The lowest BCUT2D eigenvalue weighted by Crippen LogP contribution is -2.48. The first-order chi connectivity index (χ1) is 17.4. The van der Waals surface area contributed by atoms with Gasteiger partial charge in [-0.15, -0.1) is 0 Å². The van der Waals surface area contributed by atoms with Crippen molar-refractivity contribution in [3.63, 3.8) is 0 Å². The molecule has 0 fully saturated rings. The highest BCUT2D eigenvalue weighted by molar-refractivity contribution is 6.04. The predicted octanol–water partition coefficient (Wildman–Crippen LogP) is 5.43. The molecular formula is C28H35N3O5. The molecule has 2 aromatic rings. The number of rotatable bonds is 11. The molecule has 0 aromatic heterocycles. The molecule has 2 N–H and O–H groups in total. The van der Waals surface area contributed by atoms with E-state index in [2.05, 4.69) is 17.6 Å². The van der Waals surface area contributed by atoms with Gasteiger partial charge in [0.2, 0.25) is 0 Å². The van der Waals surface area contributed by atoms with Crippen LogP contribution in [0.4, 0.5) is 10.5 Å². The van der Waals surface area contributed by atoms with Crippen molar-refractivity contribution in [3.8, 4) is 5.75 Å². The van der Waals surface area contributed by atoms with Crippen LogP contribution in [0.3, 0.4) is 0 Å². The summed E-state index contributed by atoms with van der Waals surface area (Å²) in [5.74, 6) is -0.0548. The van der Waals surface area contributed by atoms with Crippen LogP contribution in [-0.2, 0) is 9.53 Å². The largest absolute Gasteiger partial charge is 0.494 e. The normalized spacial score (nSPS) is 15.4. The Hall–Kier alpha value is -3.81. The van der Waals surface area contributed by atoms with Gasteiger partial charge in [-0.1, -0.05) is 38.8 Å². The molecule has 0 saturated heterocycles. The summed E-state index contributed by atoms with van der Waals surface area (Å²) in [6.07, 6.45) is 3.77. The number of benzene rings is 2. The van der Waals surface area contributed by atoms with Gasteiger partial charge in [0.25, 0.3) is 5.91 Å². The maximum atomic E-state index is 12.9. The first-order valence-corrected chi connectivity index (χ1v) is 12.4. The summed E-state index contributed by atoms with van der Waals surface area (Å²) < 4.78 is 10.7. The van der Waals surface area contributed by atoms with E-state index in [0.29, 0.717) is 41.2 Å². The van der Waals surface area contributed by atoms with E-state index in [1.54, 1.807) is 60.4 Å². The highest BCUT2D eigenvalue weighted by Gasteiger charge is 2.36. The average molecular weight is 494 g/mol. The van der Waals surface area contributed by atoms with Crippen LogP contribution in [0.25, 0.3) is 0 Å². The molecular weight excluding hydrogens is 458 g/mol. The summed E-state index contributed by atoms with van der Waals surface area (Å²) in [6, 6.07) is 13.1. The lowest BCUT2D eigenvalue weighted by atomic mass is 9.94. The van der Waals surface area contributed by atoms with E-state index < -0.39 is 12.0 Å². The second-order valence-electron chi connectivity index (χ2n) is 8.68. The number of nitrogens with zero attached hydrogens (tertiary/aromatic N) is 1. The number of amides is 3. The third-order valence-corrected chi connectivity index (χ3v) is 6.10. The standard InChI is InChI=1S/C28H35N3O5/c1-5-7-16-31-19(3)24(27(33)35-4)25(30-28(31)34)21-10-9-11-22(18-21)29-26(32)20-12-14-23(15-13-20)36-17-8-6-2/h9-15,18,25H,5-8,16-17H2,1-4H3,(H,29,32)(H,30,34). The van der Waals surface area contributed by atoms with Crippen molar-refractivity contribution in [3.05, 3.63) is 70.9 Å². The molecule has 1 aliphatic rings. The Bertz CT molecular complexity index is 1110. The molecule has 1 unspecified atom stereocenters. The fourth-order valence-electron chi connectivity index (χ4n) is 4.03. The monoisotopic (exact) mass is 493 g/mol. The Kier molecular flexibility index (Phi) is 9.50. The summed E-state index contributed by atoms with van der Waals surface area (Å²) in [7, 11) is 1.32. The fraction of sp³-hybridized carbons (Fsp3) is 0.393. The molecule has 36 heavy (non-hydrogen) atoms. The predicted molar refractivity (Wildman–Crippen MR) is 139 cm³/mol. The van der Waals surface area contributed by atoms with Crippen LogP contribution in [0.2, 0.25) is 0 Å². The molecule has 0 aliphatic carbocycles. The highest BCUT2D eigenvalue weighted by Crippen LogP contribution is 2.32. The van der Waals surface area contributed by atoms with Gasteiger partial charge < -0.3 is 20.1 Å². The fourth-order valence-corrected chi connectivity index (χ4v) is 4.03. The number of ether oxygens (including phenoxy) is 2. The van der Waals surface area contributed by atoms with E-state index in [4.69, 9.17) is 9.47 Å². The molecule has 1 atom stereocenters. The number of carbonyl (C=O) groups excluding carboxylic acids is 3. The van der Waals surface area contributed by atoms with Gasteiger partial charge in [-0.3, -0.25) is 9.69 Å². The van der Waals surface area contributed by atoms with Crippen LogP contribution in [0, 0.1) is 0 Å². The van der Waals surface area contributed by atoms with Gasteiger partial charge in [0.05, 0.1) is 25.3 Å². The molecule has 8 nitrogen and oxygen atoms in total. The zero-order valence-electron chi connectivity index (χ0n) is 21.4. The van der Waals surface area contributed by atoms with Crippen LogP contribution in [0.1, 0.15) is 68.4 Å². The Labute approximate surface area is 212 Å². The zero-order chi connectivity index (χ0) is 26.1. The molecule has 3 rings (SSSR count). The Morgan fingerprint density at radius 1 is 1.06 bits per heavy atom. The number of nitrogens with one attached hydrogen (secondary N) is 2. The molecule has 192 valence electrons. The SMILES string of the molecule is CCCCOc1ccc(C(=O)Nc2cccc(C3NC(=O)N(CCCC)C(C)=C3C(=O)OC)c2)cc1. The van der Waals surface area contributed by atoms with Gasteiger partial charge in [0.1, 0.15) is 5.75 Å². The minimum Gasteiger partial charge on any atom is -0.494 e. The maximum absolute atomic E-state index is 12.9. The molecule has 0 radical (unpaired) electrons. The number of carbonyl (C=O) groups is 3. The van der Waals surface area contributed by atoms with Crippen molar-refractivity contribution in [2.45, 2.75) is 52.5 Å². The maximum Gasteiger partial charge on any atom is 0.337 e. The number of methoxy groups -OCH3 is 1. The van der Waals surface area contributed by atoms with Crippen LogP contribution in [-0.4, -0.2) is 43.1 Å². The van der Waals surface area contributed by atoms with Crippen molar-refractivity contribution in [1.82, 2.24) is 10.2 Å². The van der Waals surface area contributed by atoms with Crippen molar-refractivity contribution in [2.75, 3.05) is 25.6 Å². The zero-order valence-corrected chi connectivity index (χ0v) is 21.4. The lowest BCUT2D eigenvalue weighted by molar-refractivity contribution is -0.136. The number of allylic oxidation sites excluding steroid dienone is 1. The quantitative estimate of drug-likeness (QED) is 0.321. The average Bonchev–Trinajstić information content (AvgIpc) is 2.88. The summed E-state index contributed by atoms with van der Waals surface area (Å²) in [5.41, 5.74) is 2.64. The van der Waals surface area contributed by atoms with E-state index >= 15 is 0 Å². The van der Waals surface area contributed by atoms with Crippen molar-refractivity contribution < 1.29 is 23.9 Å². The molecule has 8 heteroatoms. The molecule has 3 amide bonds. The summed E-state index contributed by atoms with van der Waals surface area (Å²) in [4.78, 5) is 40.0. The third kappa shape index (κ3) is 6.44. The smallest absolute Gasteiger partial charge is 0.337 e. The van der Waals surface area contributed by atoms with Crippen LogP contribution in [0.5, 0.6) is 5.75 Å². The number of hydrogen-bond acceptors (Lipinski definition) is 5. The van der Waals surface area contributed by atoms with E-state index in [-0.39, 0.29) is 11.9 Å². The molecule has 2 aromatic carbocycles. The first-order valence-electron chi connectivity index (χ1n) is 12.4. The first kappa shape index (κ1) is 26.8. The molecule has 1 heterocycles. The number of hydrogen-bond donors (Lipinski definition) is 2. The van der Waals surface area contributed by atoms with Gasteiger partial charge >= 0.3 is 12.0 Å². The summed E-state index contributed by atoms with van der Waals surface area (Å²) in [5, 5.41) is 5.82. The van der Waals surface area contributed by atoms with Gasteiger partial charge in [-0.25, -0.2) is 9.59 Å². The van der Waals surface area contributed by atoms with E-state index in [0.717, 1.165) is 31.4 Å². The van der Waals surface area contributed by atoms with Crippen molar-refractivity contribution >= 4 is 23.6 Å². The number of anilines is 1. The molecule has 0 bridgehead atoms. The third-order valence-electron chi connectivity index (χ3n) is 6.10. The topological polar surface area (TPSA) is 97.0 Å². The number of urea groups is 1. The Balaban J connectivity index is 1.80. The van der Waals surface area contributed by atoms with Gasteiger partial charge in [0, 0.05) is 23.5 Å². The number of esters is 1. The molecule has 1 aliphatic heterocycles. The van der Waals surface area contributed by atoms with Crippen LogP contribution >= 0.6 is 0 Å². The minimum absolute atomic E-state index is 0.269. The minimum atomic E-state index is -0.695. The van der Waals surface area contributed by atoms with Crippen molar-refractivity contribution in [2.24, 2.45) is 0 Å². The van der Waals surface area contributed by atoms with Crippen LogP contribution in [0.15, 0.2) is 59.8 Å². The second-order valence-corrected chi connectivity index (χ2v) is 8.68. The van der Waals surface area contributed by atoms with Gasteiger partial charge in [0.15, 0.2) is 0 Å². The van der Waals surface area contributed by atoms with Gasteiger partial charge in [-0.05, 0) is 61.7 Å². The Morgan fingerprint density at radius 3 is 2.44 bits per heavy atom. The van der Waals surface area contributed by atoms with Crippen molar-refractivity contribution in [1.29, 1.82) is 0 Å². The summed E-state index contributed by atoms with van der Waals surface area (Å²) >= 11 is 0. The molecule has 0 spiro atoms. The van der Waals surface area contributed by atoms with E-state index in [9.17, 15) is 14.4 Å². The number of unbranched alkanes of at least 4 members (excludes halogenated alkanes) is 2. The second kappa shape index (κ2) is 12.8.